The fourth-order valence-electron chi connectivity index (χ4n) is 1.91. The summed E-state index contributed by atoms with van der Waals surface area (Å²) < 4.78 is 5.21. The van der Waals surface area contributed by atoms with E-state index in [1.807, 2.05) is 20.8 Å². The highest BCUT2D eigenvalue weighted by Crippen LogP contribution is 2.36. The van der Waals surface area contributed by atoms with Crippen LogP contribution in [0.3, 0.4) is 0 Å². The molecular formula is C12H20N2O3. The van der Waals surface area contributed by atoms with Crippen LogP contribution in [0.4, 0.5) is 4.79 Å². The van der Waals surface area contributed by atoms with Crippen LogP contribution in [0.1, 0.15) is 47.0 Å². The molecule has 1 fully saturated rings. The lowest BCUT2D eigenvalue weighted by molar-refractivity contribution is 0.0353. The Morgan fingerprint density at radius 3 is 2.41 bits per heavy atom. The van der Waals surface area contributed by atoms with Crippen LogP contribution in [0.25, 0.3) is 0 Å². The summed E-state index contributed by atoms with van der Waals surface area (Å²) in [5.74, 6) is 0. The molecule has 1 unspecified atom stereocenters. The van der Waals surface area contributed by atoms with Crippen molar-refractivity contribution in [3.63, 3.8) is 0 Å². The van der Waals surface area contributed by atoms with Crippen molar-refractivity contribution in [3.05, 3.63) is 0 Å². The molecule has 0 aromatic heterocycles. The number of nitrogens with zero attached hydrogens (tertiary/aromatic N) is 1. The van der Waals surface area contributed by atoms with Crippen LogP contribution in [-0.4, -0.2) is 29.4 Å². The number of aliphatic imine (C=N–C) groups is 1. The van der Waals surface area contributed by atoms with Crippen molar-refractivity contribution in [3.8, 4) is 0 Å². The first-order chi connectivity index (χ1) is 7.79. The lowest BCUT2D eigenvalue weighted by atomic mass is 9.72. The highest BCUT2D eigenvalue weighted by Gasteiger charge is 2.44. The molecule has 0 aromatic rings. The maximum atomic E-state index is 11.7. The Morgan fingerprint density at radius 1 is 1.47 bits per heavy atom. The van der Waals surface area contributed by atoms with Crippen LogP contribution < -0.4 is 5.32 Å². The number of carbonyl (C=O) groups excluding carboxylic acids is 2. The van der Waals surface area contributed by atoms with E-state index in [9.17, 15) is 9.59 Å². The SMILES string of the molecule is CC(N=C=O)C1(NC(=O)OC(C)(C)C)CCC1. The van der Waals surface area contributed by atoms with E-state index in [-0.39, 0.29) is 6.04 Å². The molecule has 0 radical (unpaired) electrons. The highest BCUT2D eigenvalue weighted by molar-refractivity contribution is 5.69. The Labute approximate surface area is 102 Å². The van der Waals surface area contributed by atoms with Gasteiger partial charge in [-0.05, 0) is 47.0 Å². The van der Waals surface area contributed by atoms with Crippen LogP contribution in [0, 0.1) is 0 Å². The van der Waals surface area contributed by atoms with E-state index in [4.69, 9.17) is 4.74 Å². The molecule has 5 heteroatoms. The summed E-state index contributed by atoms with van der Waals surface area (Å²) in [7, 11) is 0. The number of hydrogen-bond donors (Lipinski definition) is 1. The molecule has 1 rings (SSSR count). The third kappa shape index (κ3) is 3.56. The Bertz CT molecular complexity index is 336. The van der Waals surface area contributed by atoms with Crippen LogP contribution in [0.5, 0.6) is 0 Å². The number of amides is 1. The predicted octanol–water partition coefficient (Wildman–Crippen LogP) is 2.16. The summed E-state index contributed by atoms with van der Waals surface area (Å²) >= 11 is 0. The van der Waals surface area contributed by atoms with E-state index in [0.29, 0.717) is 0 Å². The normalized spacial score (nSPS) is 19.5. The lowest BCUT2D eigenvalue weighted by Crippen LogP contribution is -2.60. The standard InChI is InChI=1S/C12H20N2O3/c1-9(13-8-15)12(6-5-7-12)14-10(16)17-11(2,3)4/h9H,5-7H2,1-4H3,(H,14,16). The van der Waals surface area contributed by atoms with Crippen molar-refractivity contribution in [2.45, 2.75) is 64.1 Å². The van der Waals surface area contributed by atoms with Gasteiger partial charge >= 0.3 is 6.09 Å². The predicted molar refractivity (Wildman–Crippen MR) is 63.5 cm³/mol. The Morgan fingerprint density at radius 2 is 2.06 bits per heavy atom. The second-order valence-electron chi connectivity index (χ2n) is 5.53. The third-order valence-corrected chi connectivity index (χ3v) is 3.04. The maximum absolute atomic E-state index is 11.7. The average Bonchev–Trinajstić information content (AvgIpc) is 2.08. The van der Waals surface area contributed by atoms with Crippen molar-refractivity contribution in [2.24, 2.45) is 4.99 Å². The minimum atomic E-state index is -0.522. The summed E-state index contributed by atoms with van der Waals surface area (Å²) in [5, 5.41) is 2.84. The smallest absolute Gasteiger partial charge is 0.408 e. The number of carbonyl (C=O) groups is 1. The van der Waals surface area contributed by atoms with Gasteiger partial charge in [0.1, 0.15) is 5.60 Å². The molecule has 0 heterocycles. The molecule has 0 saturated heterocycles. The number of rotatable bonds is 3. The lowest BCUT2D eigenvalue weighted by Gasteiger charge is -2.44. The van der Waals surface area contributed by atoms with Crippen molar-refractivity contribution < 1.29 is 14.3 Å². The number of ether oxygens (including phenoxy) is 1. The minimum absolute atomic E-state index is 0.263. The monoisotopic (exact) mass is 240 g/mol. The van der Waals surface area contributed by atoms with E-state index in [0.717, 1.165) is 19.3 Å². The highest BCUT2D eigenvalue weighted by atomic mass is 16.6. The van der Waals surface area contributed by atoms with Gasteiger partial charge in [-0.2, -0.15) is 0 Å². The zero-order valence-corrected chi connectivity index (χ0v) is 10.9. The summed E-state index contributed by atoms with van der Waals surface area (Å²) in [5.41, 5.74) is -0.952. The van der Waals surface area contributed by atoms with Gasteiger partial charge in [-0.1, -0.05) is 0 Å². The van der Waals surface area contributed by atoms with Crippen LogP contribution in [0.2, 0.25) is 0 Å². The Kier molecular flexibility index (Phi) is 3.94. The fraction of sp³-hybridized carbons (Fsp3) is 0.833. The first-order valence-corrected chi connectivity index (χ1v) is 5.87. The summed E-state index contributed by atoms with van der Waals surface area (Å²) in [4.78, 5) is 25.7. The first-order valence-electron chi connectivity index (χ1n) is 5.87. The molecule has 1 amide bonds. The van der Waals surface area contributed by atoms with E-state index < -0.39 is 17.2 Å². The van der Waals surface area contributed by atoms with Gasteiger partial charge in [-0.15, -0.1) is 0 Å². The number of alkyl carbamates (subject to hydrolysis) is 1. The average molecular weight is 240 g/mol. The Hall–Kier alpha value is -1.35. The summed E-state index contributed by atoms with van der Waals surface area (Å²) in [6, 6.07) is -0.263. The molecular weight excluding hydrogens is 220 g/mol. The third-order valence-electron chi connectivity index (χ3n) is 3.04. The first kappa shape index (κ1) is 13.7. The molecule has 0 aliphatic heterocycles. The summed E-state index contributed by atoms with van der Waals surface area (Å²) in [6.07, 6.45) is 3.75. The molecule has 1 aliphatic carbocycles. The van der Waals surface area contributed by atoms with Crippen molar-refractivity contribution in [1.82, 2.24) is 5.32 Å². The zero-order valence-electron chi connectivity index (χ0n) is 10.9. The second-order valence-corrected chi connectivity index (χ2v) is 5.53. The van der Waals surface area contributed by atoms with Gasteiger partial charge in [-0.3, -0.25) is 0 Å². The largest absolute Gasteiger partial charge is 0.444 e. The van der Waals surface area contributed by atoms with Gasteiger partial charge in [0.2, 0.25) is 6.08 Å². The molecule has 17 heavy (non-hydrogen) atoms. The van der Waals surface area contributed by atoms with Gasteiger partial charge in [0.25, 0.3) is 0 Å². The molecule has 1 aliphatic rings. The van der Waals surface area contributed by atoms with E-state index in [2.05, 4.69) is 10.3 Å². The zero-order chi connectivity index (χ0) is 13.1. The van der Waals surface area contributed by atoms with Crippen molar-refractivity contribution in [2.75, 3.05) is 0 Å². The van der Waals surface area contributed by atoms with E-state index in [1.165, 1.54) is 0 Å². The quantitative estimate of drug-likeness (QED) is 0.607. The topological polar surface area (TPSA) is 67.8 Å². The molecule has 1 saturated carbocycles. The van der Waals surface area contributed by atoms with Crippen LogP contribution in [0.15, 0.2) is 4.99 Å². The molecule has 1 N–H and O–H groups in total. The van der Waals surface area contributed by atoms with Gasteiger partial charge < -0.3 is 10.1 Å². The van der Waals surface area contributed by atoms with Gasteiger partial charge in [0.05, 0.1) is 11.6 Å². The minimum Gasteiger partial charge on any atom is -0.444 e. The van der Waals surface area contributed by atoms with E-state index in [1.54, 1.807) is 13.0 Å². The molecule has 0 bridgehead atoms. The second kappa shape index (κ2) is 4.88. The number of hydrogen-bond acceptors (Lipinski definition) is 4. The van der Waals surface area contributed by atoms with Gasteiger partial charge in [0, 0.05) is 0 Å². The molecule has 0 aromatic carbocycles. The number of nitrogens with one attached hydrogen (secondary N) is 1. The molecule has 96 valence electrons. The Balaban J connectivity index is 2.64. The number of isocyanates is 1. The molecule has 0 spiro atoms. The van der Waals surface area contributed by atoms with Gasteiger partial charge in [0.15, 0.2) is 0 Å². The molecule has 5 nitrogen and oxygen atoms in total. The van der Waals surface area contributed by atoms with Crippen molar-refractivity contribution >= 4 is 12.2 Å². The van der Waals surface area contributed by atoms with Crippen LogP contribution >= 0.6 is 0 Å². The van der Waals surface area contributed by atoms with E-state index >= 15 is 0 Å². The molecule has 1 atom stereocenters. The van der Waals surface area contributed by atoms with Crippen molar-refractivity contribution in [1.29, 1.82) is 0 Å². The maximum Gasteiger partial charge on any atom is 0.408 e. The van der Waals surface area contributed by atoms with Crippen LogP contribution in [-0.2, 0) is 9.53 Å². The van der Waals surface area contributed by atoms with Gasteiger partial charge in [-0.25, -0.2) is 14.6 Å². The fourth-order valence-corrected chi connectivity index (χ4v) is 1.91. The summed E-state index contributed by atoms with van der Waals surface area (Å²) in [6.45, 7) is 7.24.